The van der Waals surface area contributed by atoms with E-state index in [1.165, 1.54) is 0 Å². The van der Waals surface area contributed by atoms with Crippen LogP contribution in [-0.4, -0.2) is 27.6 Å². The van der Waals surface area contributed by atoms with Gasteiger partial charge in [0.05, 0.1) is 12.2 Å². The van der Waals surface area contributed by atoms with Gasteiger partial charge >= 0.3 is 0 Å². The van der Waals surface area contributed by atoms with Crippen LogP contribution in [0, 0.1) is 13.8 Å². The molecule has 4 heteroatoms. The third kappa shape index (κ3) is 3.12. The number of ether oxygens (including phenoxy) is 1. The van der Waals surface area contributed by atoms with Crippen LogP contribution in [-0.2, 0) is 6.54 Å². The molecular formula is C18H20N2O2. The van der Waals surface area contributed by atoms with E-state index in [0.29, 0.717) is 6.54 Å². The summed E-state index contributed by atoms with van der Waals surface area (Å²) in [6.45, 7) is 4.61. The Morgan fingerprint density at radius 3 is 2.68 bits per heavy atom. The lowest BCUT2D eigenvalue weighted by Gasteiger charge is -2.14. The van der Waals surface area contributed by atoms with Crippen molar-refractivity contribution in [2.24, 2.45) is 0 Å². The summed E-state index contributed by atoms with van der Waals surface area (Å²) < 4.78 is 7.62. The first-order valence-corrected chi connectivity index (χ1v) is 7.43. The molecule has 1 N–H and O–H groups in total. The molecule has 0 spiro atoms. The number of hydrogen-bond acceptors (Lipinski definition) is 3. The van der Waals surface area contributed by atoms with Crippen molar-refractivity contribution in [1.29, 1.82) is 0 Å². The zero-order valence-electron chi connectivity index (χ0n) is 12.9. The van der Waals surface area contributed by atoms with E-state index in [2.05, 4.69) is 17.2 Å². The van der Waals surface area contributed by atoms with Gasteiger partial charge in [0.15, 0.2) is 0 Å². The fraction of sp³-hybridized carbons (Fsp3) is 0.278. The van der Waals surface area contributed by atoms with Gasteiger partial charge in [-0.15, -0.1) is 0 Å². The van der Waals surface area contributed by atoms with Gasteiger partial charge in [-0.3, -0.25) is 4.68 Å². The molecule has 0 radical (unpaired) electrons. The summed E-state index contributed by atoms with van der Waals surface area (Å²) in [7, 11) is 0. The van der Waals surface area contributed by atoms with Crippen LogP contribution in [0.3, 0.4) is 0 Å². The first kappa shape index (κ1) is 14.6. The molecule has 0 bridgehead atoms. The van der Waals surface area contributed by atoms with E-state index in [0.717, 1.165) is 27.9 Å². The van der Waals surface area contributed by atoms with Gasteiger partial charge in [0.2, 0.25) is 0 Å². The zero-order chi connectivity index (χ0) is 15.5. The van der Waals surface area contributed by atoms with Crippen LogP contribution in [0.2, 0.25) is 0 Å². The number of fused-ring (bicyclic) bond motifs is 1. The average molecular weight is 296 g/mol. The second kappa shape index (κ2) is 6.20. The summed E-state index contributed by atoms with van der Waals surface area (Å²) >= 11 is 0. The Kier molecular flexibility index (Phi) is 4.11. The van der Waals surface area contributed by atoms with E-state index in [1.807, 2.05) is 54.9 Å². The zero-order valence-corrected chi connectivity index (χ0v) is 12.9. The summed E-state index contributed by atoms with van der Waals surface area (Å²) in [5, 5.41) is 16.7. The van der Waals surface area contributed by atoms with Gasteiger partial charge in [-0.05, 0) is 31.4 Å². The Bertz CT molecular complexity index is 774. The fourth-order valence-electron chi connectivity index (χ4n) is 2.62. The number of rotatable bonds is 5. The maximum Gasteiger partial charge on any atom is 0.127 e. The lowest BCUT2D eigenvalue weighted by molar-refractivity contribution is 0.0894. The van der Waals surface area contributed by atoms with E-state index in [9.17, 15) is 5.11 Å². The minimum absolute atomic E-state index is 0.242. The third-order valence-corrected chi connectivity index (χ3v) is 3.67. The standard InChI is InChI=1S/C18H20N2O2/c1-13-10-14(2)20(19-13)11-16(21)12-22-18-9-5-7-15-6-3-4-8-17(15)18/h3-10,16,21H,11-12H2,1-2H3. The molecule has 0 aliphatic heterocycles. The number of aliphatic hydroxyl groups excluding tert-OH is 1. The van der Waals surface area contributed by atoms with Crippen molar-refractivity contribution in [2.75, 3.05) is 6.61 Å². The molecule has 2 aromatic carbocycles. The summed E-state index contributed by atoms with van der Waals surface area (Å²) in [6, 6.07) is 16.0. The number of aliphatic hydroxyl groups is 1. The van der Waals surface area contributed by atoms with Crippen molar-refractivity contribution in [3.8, 4) is 5.75 Å². The monoisotopic (exact) mass is 296 g/mol. The molecule has 0 aliphatic rings. The highest BCUT2D eigenvalue weighted by Crippen LogP contribution is 2.25. The maximum absolute atomic E-state index is 10.2. The average Bonchev–Trinajstić information content (AvgIpc) is 2.82. The van der Waals surface area contributed by atoms with Crippen molar-refractivity contribution >= 4 is 10.8 Å². The highest BCUT2D eigenvalue weighted by Gasteiger charge is 2.10. The minimum atomic E-state index is -0.600. The van der Waals surface area contributed by atoms with E-state index in [-0.39, 0.29) is 6.61 Å². The highest BCUT2D eigenvalue weighted by atomic mass is 16.5. The number of benzene rings is 2. The maximum atomic E-state index is 10.2. The lowest BCUT2D eigenvalue weighted by atomic mass is 10.1. The predicted octanol–water partition coefficient (Wildman–Crippen LogP) is 3.09. The molecule has 114 valence electrons. The van der Waals surface area contributed by atoms with Crippen molar-refractivity contribution < 1.29 is 9.84 Å². The smallest absolute Gasteiger partial charge is 0.127 e. The Hall–Kier alpha value is -2.33. The molecular weight excluding hydrogens is 276 g/mol. The van der Waals surface area contributed by atoms with E-state index in [1.54, 1.807) is 0 Å². The molecule has 0 amide bonds. The molecule has 4 nitrogen and oxygen atoms in total. The van der Waals surface area contributed by atoms with Gasteiger partial charge in [0, 0.05) is 11.1 Å². The Morgan fingerprint density at radius 1 is 1.14 bits per heavy atom. The number of aryl methyl sites for hydroxylation is 2. The molecule has 3 aromatic rings. The first-order chi connectivity index (χ1) is 10.6. The van der Waals surface area contributed by atoms with Crippen LogP contribution >= 0.6 is 0 Å². The molecule has 1 aromatic heterocycles. The molecule has 1 atom stereocenters. The van der Waals surface area contributed by atoms with Gasteiger partial charge < -0.3 is 9.84 Å². The van der Waals surface area contributed by atoms with Gasteiger partial charge in [-0.2, -0.15) is 5.10 Å². The van der Waals surface area contributed by atoms with Crippen LogP contribution in [0.1, 0.15) is 11.4 Å². The molecule has 0 saturated carbocycles. The highest BCUT2D eigenvalue weighted by molar-refractivity contribution is 5.88. The number of hydrogen-bond donors (Lipinski definition) is 1. The Labute approximate surface area is 130 Å². The predicted molar refractivity (Wildman–Crippen MR) is 87.2 cm³/mol. The van der Waals surface area contributed by atoms with E-state index >= 15 is 0 Å². The van der Waals surface area contributed by atoms with Crippen LogP contribution in [0.15, 0.2) is 48.5 Å². The summed E-state index contributed by atoms with van der Waals surface area (Å²) in [5.41, 5.74) is 2.00. The molecule has 0 fully saturated rings. The van der Waals surface area contributed by atoms with Crippen molar-refractivity contribution in [3.63, 3.8) is 0 Å². The summed E-state index contributed by atoms with van der Waals surface area (Å²) in [6.07, 6.45) is -0.600. The molecule has 22 heavy (non-hydrogen) atoms. The normalized spacial score (nSPS) is 12.5. The van der Waals surface area contributed by atoms with Gasteiger partial charge in [-0.25, -0.2) is 0 Å². The van der Waals surface area contributed by atoms with Gasteiger partial charge in [0.1, 0.15) is 18.5 Å². The van der Waals surface area contributed by atoms with Crippen molar-refractivity contribution in [1.82, 2.24) is 9.78 Å². The van der Waals surface area contributed by atoms with Crippen molar-refractivity contribution in [2.45, 2.75) is 26.5 Å². The Balaban J connectivity index is 1.67. The van der Waals surface area contributed by atoms with E-state index < -0.39 is 6.10 Å². The van der Waals surface area contributed by atoms with Gasteiger partial charge in [0.25, 0.3) is 0 Å². The number of aromatic nitrogens is 2. The van der Waals surface area contributed by atoms with Crippen LogP contribution in [0.5, 0.6) is 5.75 Å². The second-order valence-electron chi connectivity index (χ2n) is 5.55. The lowest BCUT2D eigenvalue weighted by Crippen LogP contribution is -2.24. The second-order valence-corrected chi connectivity index (χ2v) is 5.55. The topological polar surface area (TPSA) is 47.3 Å². The SMILES string of the molecule is Cc1cc(C)n(CC(O)COc2cccc3ccccc23)n1. The van der Waals surface area contributed by atoms with Crippen LogP contribution in [0.25, 0.3) is 10.8 Å². The summed E-state index contributed by atoms with van der Waals surface area (Å²) in [5.74, 6) is 0.797. The minimum Gasteiger partial charge on any atom is -0.490 e. The molecule has 0 saturated heterocycles. The Morgan fingerprint density at radius 2 is 1.91 bits per heavy atom. The largest absolute Gasteiger partial charge is 0.490 e. The number of nitrogens with zero attached hydrogens (tertiary/aromatic N) is 2. The summed E-state index contributed by atoms with van der Waals surface area (Å²) in [4.78, 5) is 0. The molecule has 1 heterocycles. The van der Waals surface area contributed by atoms with Gasteiger partial charge in [-0.1, -0.05) is 36.4 Å². The third-order valence-electron chi connectivity index (χ3n) is 3.67. The quantitative estimate of drug-likeness (QED) is 0.787. The fourth-order valence-corrected chi connectivity index (χ4v) is 2.62. The molecule has 0 aliphatic carbocycles. The van der Waals surface area contributed by atoms with Crippen LogP contribution in [0.4, 0.5) is 0 Å². The van der Waals surface area contributed by atoms with Crippen LogP contribution < -0.4 is 4.74 Å². The molecule has 1 unspecified atom stereocenters. The van der Waals surface area contributed by atoms with E-state index in [4.69, 9.17) is 4.74 Å². The first-order valence-electron chi connectivity index (χ1n) is 7.43. The van der Waals surface area contributed by atoms with Crippen molar-refractivity contribution in [3.05, 3.63) is 59.9 Å². The molecule has 3 rings (SSSR count).